The summed E-state index contributed by atoms with van der Waals surface area (Å²) in [6.07, 6.45) is 0. The molecule has 4 N–H and O–H groups in total. The lowest BCUT2D eigenvalue weighted by atomic mass is 9.73. The van der Waals surface area contributed by atoms with Crippen LogP contribution < -0.4 is 26.0 Å². The fourth-order valence-corrected chi connectivity index (χ4v) is 3.41. The molecule has 0 bridgehead atoms. The molecule has 2 heterocycles. The first-order valence-corrected chi connectivity index (χ1v) is 8.25. The van der Waals surface area contributed by atoms with E-state index in [-0.39, 0.29) is 16.3 Å². The second kappa shape index (κ2) is 7.27. The van der Waals surface area contributed by atoms with Crippen molar-refractivity contribution in [1.82, 2.24) is 21.3 Å². The first-order chi connectivity index (χ1) is 13.2. The lowest BCUT2D eigenvalue weighted by molar-refractivity contribution is -0.141. The van der Waals surface area contributed by atoms with Crippen LogP contribution in [0.4, 0.5) is 9.59 Å². The van der Waals surface area contributed by atoms with Crippen molar-refractivity contribution >= 4 is 47.3 Å². The van der Waals surface area contributed by atoms with Gasteiger partial charge in [0, 0.05) is 16.5 Å². The summed E-state index contributed by atoms with van der Waals surface area (Å²) in [7, 11) is 1.30. The highest BCUT2D eigenvalue weighted by Gasteiger charge is 2.51. The second-order valence-electron chi connectivity index (χ2n) is 5.98. The van der Waals surface area contributed by atoms with Gasteiger partial charge in [-0.05, 0) is 18.2 Å². The largest absolute Gasteiger partial charge is 0.496 e. The van der Waals surface area contributed by atoms with E-state index in [1.807, 2.05) is 21.3 Å². The third-order valence-corrected chi connectivity index (χ3v) is 4.58. The molecule has 0 aromatic heterocycles. The van der Waals surface area contributed by atoms with Crippen LogP contribution in [0.1, 0.15) is 11.5 Å². The van der Waals surface area contributed by atoms with Gasteiger partial charge in [0.05, 0.1) is 7.11 Å². The molecule has 2 aliphatic rings. The van der Waals surface area contributed by atoms with Crippen LogP contribution in [0, 0.1) is 11.8 Å². The maximum Gasteiger partial charge on any atom is 0.328 e. The molecule has 0 radical (unpaired) electrons. The topological polar surface area (TPSA) is 160 Å². The summed E-state index contributed by atoms with van der Waals surface area (Å²) in [4.78, 5) is 72.6. The minimum absolute atomic E-state index is 0.101. The van der Waals surface area contributed by atoms with Crippen molar-refractivity contribution < 1.29 is 33.5 Å². The van der Waals surface area contributed by atoms with Crippen molar-refractivity contribution in [2.24, 2.45) is 11.8 Å². The fourth-order valence-electron chi connectivity index (χ4n) is 3.23. The number of methoxy groups -OCH3 is 1. The van der Waals surface area contributed by atoms with Gasteiger partial charge in [-0.1, -0.05) is 11.6 Å². The minimum Gasteiger partial charge on any atom is -0.496 e. The van der Waals surface area contributed by atoms with E-state index in [0.717, 1.165) is 0 Å². The molecule has 0 atom stereocenters. The Labute approximate surface area is 162 Å². The average Bonchev–Trinajstić information content (AvgIpc) is 2.58. The van der Waals surface area contributed by atoms with Crippen molar-refractivity contribution in [3.05, 3.63) is 28.8 Å². The number of ether oxygens (including phenoxy) is 1. The van der Waals surface area contributed by atoms with Crippen molar-refractivity contribution in [3.8, 4) is 5.75 Å². The summed E-state index contributed by atoms with van der Waals surface area (Å²) in [5.74, 6) is -8.65. The summed E-state index contributed by atoms with van der Waals surface area (Å²) in [6, 6.07) is 2.17. The van der Waals surface area contributed by atoms with Crippen molar-refractivity contribution in [2.45, 2.75) is 5.92 Å². The molecule has 146 valence electrons. The molecule has 2 fully saturated rings. The van der Waals surface area contributed by atoms with E-state index in [1.54, 1.807) is 0 Å². The number of amides is 8. The zero-order valence-corrected chi connectivity index (χ0v) is 15.0. The molecule has 0 unspecified atom stereocenters. The van der Waals surface area contributed by atoms with Gasteiger partial charge in [-0.15, -0.1) is 0 Å². The van der Waals surface area contributed by atoms with Gasteiger partial charge in [0.25, 0.3) is 0 Å². The Morgan fingerprint density at radius 1 is 0.821 bits per heavy atom. The van der Waals surface area contributed by atoms with Crippen LogP contribution in [-0.2, 0) is 19.2 Å². The highest BCUT2D eigenvalue weighted by atomic mass is 35.5. The molecule has 0 aliphatic carbocycles. The number of hydrogen-bond donors (Lipinski definition) is 4. The molecular formula is C16H13ClN4O7. The van der Waals surface area contributed by atoms with Gasteiger partial charge >= 0.3 is 12.1 Å². The SMILES string of the molecule is COc1ccc(Cl)cc1C(C1C(=O)NC(=O)NC1=O)C1C(=O)NC(=O)NC1=O. The summed E-state index contributed by atoms with van der Waals surface area (Å²) in [6.45, 7) is 0. The number of rotatable bonds is 4. The Balaban J connectivity index is 2.19. The van der Waals surface area contributed by atoms with Crippen LogP contribution in [0.2, 0.25) is 5.02 Å². The van der Waals surface area contributed by atoms with Crippen LogP contribution >= 0.6 is 11.6 Å². The Kier molecular flexibility index (Phi) is 5.01. The molecule has 3 rings (SSSR count). The van der Waals surface area contributed by atoms with Crippen LogP contribution in [-0.4, -0.2) is 42.8 Å². The van der Waals surface area contributed by atoms with Gasteiger partial charge in [-0.2, -0.15) is 0 Å². The zero-order chi connectivity index (χ0) is 20.6. The minimum atomic E-state index is -1.65. The number of carbonyl (C=O) groups is 6. The molecule has 11 nitrogen and oxygen atoms in total. The number of imide groups is 4. The summed E-state index contributed by atoms with van der Waals surface area (Å²) in [5.41, 5.74) is 0.101. The molecular weight excluding hydrogens is 396 g/mol. The number of urea groups is 2. The predicted molar refractivity (Wildman–Crippen MR) is 91.1 cm³/mol. The number of nitrogens with one attached hydrogen (secondary N) is 4. The van der Waals surface area contributed by atoms with Crippen LogP contribution in [0.5, 0.6) is 5.75 Å². The smallest absolute Gasteiger partial charge is 0.328 e. The number of hydrogen-bond acceptors (Lipinski definition) is 7. The maximum absolute atomic E-state index is 12.4. The summed E-state index contributed by atoms with van der Waals surface area (Å²) in [5, 5.41) is 7.88. The summed E-state index contributed by atoms with van der Waals surface area (Å²) >= 11 is 6.02. The zero-order valence-electron chi connectivity index (χ0n) is 14.2. The maximum atomic E-state index is 12.4. The number of benzene rings is 1. The monoisotopic (exact) mass is 408 g/mol. The highest BCUT2D eigenvalue weighted by molar-refractivity contribution is 6.30. The third-order valence-electron chi connectivity index (χ3n) is 4.35. The van der Waals surface area contributed by atoms with Crippen LogP contribution in [0.3, 0.4) is 0 Å². The van der Waals surface area contributed by atoms with Gasteiger partial charge in [0.1, 0.15) is 17.6 Å². The Bertz CT molecular complexity index is 844. The second-order valence-corrected chi connectivity index (χ2v) is 6.42. The quantitative estimate of drug-likeness (QED) is 0.484. The molecule has 8 amide bonds. The first kappa shape index (κ1) is 19.3. The highest BCUT2D eigenvalue weighted by Crippen LogP contribution is 2.41. The predicted octanol–water partition coefficient (Wildman–Crippen LogP) is -0.603. The number of barbiturate groups is 2. The average molecular weight is 409 g/mol. The lowest BCUT2D eigenvalue weighted by Gasteiger charge is -2.34. The van der Waals surface area contributed by atoms with E-state index in [1.165, 1.54) is 25.3 Å². The molecule has 1 aromatic carbocycles. The molecule has 0 spiro atoms. The summed E-state index contributed by atoms with van der Waals surface area (Å²) < 4.78 is 5.23. The standard InChI is InChI=1S/C16H13ClN4O7/c1-28-7-3-2-5(17)4-6(7)8(9-11(22)18-15(26)19-12(9)23)10-13(24)20-16(27)21-14(10)25/h2-4,8-10H,1H3,(H2,18,19,22,23,26)(H2,20,21,24,25,27). The van der Waals surface area contributed by atoms with E-state index in [9.17, 15) is 28.8 Å². The third kappa shape index (κ3) is 3.39. The Hall–Kier alpha value is -3.47. The lowest BCUT2D eigenvalue weighted by Crippen LogP contribution is -2.62. The normalized spacial score (nSPS) is 18.5. The van der Waals surface area contributed by atoms with E-state index in [0.29, 0.717) is 0 Å². The number of carbonyl (C=O) groups excluding carboxylic acids is 6. The van der Waals surface area contributed by atoms with Gasteiger partial charge in [-0.3, -0.25) is 40.4 Å². The molecule has 2 saturated heterocycles. The van der Waals surface area contributed by atoms with Crippen molar-refractivity contribution in [2.75, 3.05) is 7.11 Å². The van der Waals surface area contributed by atoms with E-state index < -0.39 is 53.4 Å². The van der Waals surface area contributed by atoms with Crippen molar-refractivity contribution in [1.29, 1.82) is 0 Å². The van der Waals surface area contributed by atoms with Gasteiger partial charge in [-0.25, -0.2) is 9.59 Å². The Morgan fingerprint density at radius 2 is 1.25 bits per heavy atom. The molecule has 1 aromatic rings. The van der Waals surface area contributed by atoms with Gasteiger partial charge < -0.3 is 4.74 Å². The van der Waals surface area contributed by atoms with E-state index in [2.05, 4.69) is 0 Å². The van der Waals surface area contributed by atoms with Crippen LogP contribution in [0.25, 0.3) is 0 Å². The Morgan fingerprint density at radius 3 is 1.64 bits per heavy atom. The number of halogens is 1. The molecule has 28 heavy (non-hydrogen) atoms. The molecule has 0 saturated carbocycles. The molecule has 2 aliphatic heterocycles. The van der Waals surface area contributed by atoms with Crippen LogP contribution in [0.15, 0.2) is 18.2 Å². The van der Waals surface area contributed by atoms with E-state index >= 15 is 0 Å². The fraction of sp³-hybridized carbons (Fsp3) is 0.250. The van der Waals surface area contributed by atoms with Crippen molar-refractivity contribution in [3.63, 3.8) is 0 Å². The molecule has 12 heteroatoms. The first-order valence-electron chi connectivity index (χ1n) is 7.87. The van der Waals surface area contributed by atoms with Gasteiger partial charge in [0.15, 0.2) is 0 Å². The van der Waals surface area contributed by atoms with Gasteiger partial charge in [0.2, 0.25) is 23.6 Å². The van der Waals surface area contributed by atoms with E-state index in [4.69, 9.17) is 16.3 Å².